The summed E-state index contributed by atoms with van der Waals surface area (Å²) in [5.41, 5.74) is 16.7. The Balaban J connectivity index is 0.000000762. The lowest BCUT2D eigenvalue weighted by Gasteiger charge is -2.18. The average molecular weight is 498 g/mol. The normalized spacial score (nSPS) is 11.2. The van der Waals surface area contributed by atoms with E-state index >= 15 is 0 Å². The summed E-state index contributed by atoms with van der Waals surface area (Å²) in [4.78, 5) is 47.9. The molecule has 0 heterocycles. The van der Waals surface area contributed by atoms with Crippen molar-refractivity contribution in [3.8, 4) is 0 Å². The molecule has 0 bridgehead atoms. The van der Waals surface area contributed by atoms with Crippen molar-refractivity contribution in [2.24, 2.45) is 16.5 Å². The van der Waals surface area contributed by atoms with Gasteiger partial charge in [-0.1, -0.05) is 36.4 Å². The number of urea groups is 1. The molecule has 0 radical (unpaired) electrons. The van der Waals surface area contributed by atoms with Gasteiger partial charge >= 0.3 is 24.1 Å². The van der Waals surface area contributed by atoms with Crippen molar-refractivity contribution in [3.05, 3.63) is 65.7 Å². The van der Waals surface area contributed by atoms with Crippen molar-refractivity contribution in [2.45, 2.75) is 18.6 Å². The number of alkyl halides is 3. The molecule has 0 aliphatic heterocycles. The molecule has 0 saturated carbocycles. The molecule has 0 aliphatic carbocycles. The van der Waals surface area contributed by atoms with Crippen molar-refractivity contribution in [1.82, 2.24) is 16.2 Å². The fraction of sp³-hybridized carbons (Fsp3) is 0.150. The van der Waals surface area contributed by atoms with E-state index in [0.717, 1.165) is 0 Å². The van der Waals surface area contributed by atoms with Gasteiger partial charge in [-0.05, 0) is 23.8 Å². The van der Waals surface area contributed by atoms with Gasteiger partial charge in [0.05, 0.1) is 18.2 Å². The molecule has 2 aromatic rings. The number of carbonyl (C=O) groups is 4. The highest BCUT2D eigenvalue weighted by molar-refractivity contribution is 6.04. The monoisotopic (exact) mass is 498 g/mol. The molecule has 2 aromatic carbocycles. The van der Waals surface area contributed by atoms with Gasteiger partial charge in [0.25, 0.3) is 5.91 Å². The van der Waals surface area contributed by atoms with E-state index in [4.69, 9.17) is 26.5 Å². The third-order valence-electron chi connectivity index (χ3n) is 3.78. The van der Waals surface area contributed by atoms with Gasteiger partial charge in [-0.15, -0.1) is 0 Å². The SMILES string of the molecule is NC(N)=Nc1cccc(C(=O)NC(=O)NNC(CC(=O)O)c2ccccc2)c1.O=C(O)C(F)(F)F. The molecule has 1 atom stereocenters. The van der Waals surface area contributed by atoms with Gasteiger partial charge in [-0.25, -0.2) is 20.0 Å². The topological polar surface area (TPSA) is 209 Å². The Morgan fingerprint density at radius 2 is 1.57 bits per heavy atom. The minimum atomic E-state index is -5.08. The summed E-state index contributed by atoms with van der Waals surface area (Å²) in [5, 5.41) is 18.3. The lowest BCUT2D eigenvalue weighted by Crippen LogP contribution is -2.48. The highest BCUT2D eigenvalue weighted by atomic mass is 19.4. The number of hydrogen-bond acceptors (Lipinski definition) is 6. The van der Waals surface area contributed by atoms with Crippen LogP contribution < -0.4 is 27.6 Å². The van der Waals surface area contributed by atoms with Crippen LogP contribution in [-0.2, 0) is 9.59 Å². The quantitative estimate of drug-likeness (QED) is 0.167. The van der Waals surface area contributed by atoms with Crippen LogP contribution in [0.1, 0.15) is 28.4 Å². The molecular formula is C20H21F3N6O6. The molecule has 0 fully saturated rings. The summed E-state index contributed by atoms with van der Waals surface area (Å²) in [5.74, 6) is -4.64. The molecule has 0 aromatic heterocycles. The highest BCUT2D eigenvalue weighted by Gasteiger charge is 2.38. The summed E-state index contributed by atoms with van der Waals surface area (Å²) >= 11 is 0. The van der Waals surface area contributed by atoms with Crippen LogP contribution in [0, 0.1) is 0 Å². The third-order valence-corrected chi connectivity index (χ3v) is 3.78. The number of amides is 3. The number of aliphatic imine (C=N–C) groups is 1. The second kappa shape index (κ2) is 13.1. The van der Waals surface area contributed by atoms with Crippen LogP contribution in [0.3, 0.4) is 0 Å². The van der Waals surface area contributed by atoms with E-state index in [-0.39, 0.29) is 17.9 Å². The maximum absolute atomic E-state index is 12.2. The number of rotatable bonds is 7. The van der Waals surface area contributed by atoms with Gasteiger partial charge in [-0.2, -0.15) is 13.2 Å². The number of guanidine groups is 1. The predicted octanol–water partition coefficient (Wildman–Crippen LogP) is 1.38. The van der Waals surface area contributed by atoms with Gasteiger partial charge in [0, 0.05) is 5.56 Å². The van der Waals surface area contributed by atoms with E-state index in [1.807, 2.05) is 0 Å². The number of hydrogen-bond donors (Lipinski definition) is 7. The number of imide groups is 1. The first-order valence-corrected chi connectivity index (χ1v) is 9.43. The molecule has 35 heavy (non-hydrogen) atoms. The van der Waals surface area contributed by atoms with Crippen LogP contribution in [-0.4, -0.2) is 46.2 Å². The molecule has 12 nitrogen and oxygen atoms in total. The van der Waals surface area contributed by atoms with Crippen LogP contribution >= 0.6 is 0 Å². The van der Waals surface area contributed by atoms with E-state index in [2.05, 4.69) is 21.2 Å². The lowest BCUT2D eigenvalue weighted by atomic mass is 10.0. The second-order valence-corrected chi connectivity index (χ2v) is 6.50. The third kappa shape index (κ3) is 11.2. The Labute approximate surface area is 195 Å². The largest absolute Gasteiger partial charge is 0.490 e. The summed E-state index contributed by atoms with van der Waals surface area (Å²) in [7, 11) is 0. The van der Waals surface area contributed by atoms with Crippen LogP contribution in [0.2, 0.25) is 0 Å². The zero-order valence-electron chi connectivity index (χ0n) is 17.7. The second-order valence-electron chi connectivity index (χ2n) is 6.50. The number of aliphatic carboxylic acids is 2. The van der Waals surface area contributed by atoms with E-state index in [9.17, 15) is 27.6 Å². The number of nitrogens with zero attached hydrogens (tertiary/aromatic N) is 1. The zero-order valence-corrected chi connectivity index (χ0v) is 17.7. The zero-order chi connectivity index (χ0) is 26.6. The standard InChI is InChI=1S/C18H20N6O4.C2HF3O2/c19-17(20)21-13-8-4-7-12(9-13)16(27)22-18(28)24-23-14(10-15(25)26)11-5-2-1-3-6-11;3-2(4,5)1(6)7/h1-9,14,23H,10H2,(H,25,26)(H4,19,20,21)(H2,22,24,27,28);(H,6,7). The van der Waals surface area contributed by atoms with E-state index in [0.29, 0.717) is 11.3 Å². The molecule has 2 rings (SSSR count). The maximum atomic E-state index is 12.2. The molecule has 1 unspecified atom stereocenters. The number of carboxylic acids is 2. The first-order valence-electron chi connectivity index (χ1n) is 9.43. The van der Waals surface area contributed by atoms with Crippen molar-refractivity contribution < 1.29 is 42.6 Å². The first-order chi connectivity index (χ1) is 16.3. The Morgan fingerprint density at radius 3 is 2.09 bits per heavy atom. The van der Waals surface area contributed by atoms with Crippen molar-refractivity contribution >= 4 is 35.5 Å². The van der Waals surface area contributed by atoms with E-state index in [1.54, 1.807) is 42.5 Å². The lowest BCUT2D eigenvalue weighted by molar-refractivity contribution is -0.192. The van der Waals surface area contributed by atoms with Crippen molar-refractivity contribution in [2.75, 3.05) is 0 Å². The number of halogens is 3. The number of benzene rings is 2. The average Bonchev–Trinajstić information content (AvgIpc) is 2.76. The van der Waals surface area contributed by atoms with Gasteiger partial charge in [-0.3, -0.25) is 20.3 Å². The van der Waals surface area contributed by atoms with Gasteiger partial charge in [0.1, 0.15) is 0 Å². The molecule has 0 aliphatic rings. The Kier molecular flexibility index (Phi) is 10.7. The minimum Gasteiger partial charge on any atom is -0.481 e. The van der Waals surface area contributed by atoms with Gasteiger partial charge < -0.3 is 21.7 Å². The van der Waals surface area contributed by atoms with Gasteiger partial charge in [0.15, 0.2) is 5.96 Å². The fourth-order valence-electron chi connectivity index (χ4n) is 2.34. The summed E-state index contributed by atoms with van der Waals surface area (Å²) in [6.45, 7) is 0. The number of carboxylic acid groups (broad SMARTS) is 2. The fourth-order valence-corrected chi connectivity index (χ4v) is 2.34. The molecular weight excluding hydrogens is 477 g/mol. The number of nitrogens with one attached hydrogen (secondary N) is 3. The van der Waals surface area contributed by atoms with E-state index < -0.39 is 36.1 Å². The van der Waals surface area contributed by atoms with Crippen molar-refractivity contribution in [1.29, 1.82) is 0 Å². The van der Waals surface area contributed by atoms with Crippen LogP contribution in [0.15, 0.2) is 59.6 Å². The van der Waals surface area contributed by atoms with Crippen LogP contribution in [0.5, 0.6) is 0 Å². The Bertz CT molecular complexity index is 1070. The highest BCUT2D eigenvalue weighted by Crippen LogP contribution is 2.16. The van der Waals surface area contributed by atoms with Crippen molar-refractivity contribution in [3.63, 3.8) is 0 Å². The van der Waals surface area contributed by atoms with Crippen LogP contribution in [0.4, 0.5) is 23.7 Å². The molecule has 0 saturated heterocycles. The Hall–Kier alpha value is -4.66. The summed E-state index contributed by atoms with van der Waals surface area (Å²) in [6, 6.07) is 13.3. The minimum absolute atomic E-state index is 0.162. The Morgan fingerprint density at radius 1 is 0.971 bits per heavy atom. The van der Waals surface area contributed by atoms with E-state index in [1.165, 1.54) is 12.1 Å². The molecule has 15 heteroatoms. The maximum Gasteiger partial charge on any atom is 0.490 e. The number of nitrogens with two attached hydrogens (primary N) is 2. The molecule has 3 amide bonds. The molecule has 0 spiro atoms. The summed E-state index contributed by atoms with van der Waals surface area (Å²) in [6.07, 6.45) is -5.35. The molecule has 188 valence electrons. The summed E-state index contributed by atoms with van der Waals surface area (Å²) < 4.78 is 31.7. The first kappa shape index (κ1) is 28.4. The van der Waals surface area contributed by atoms with Gasteiger partial charge in [0.2, 0.25) is 0 Å². The smallest absolute Gasteiger partial charge is 0.481 e. The number of hydrazine groups is 1. The molecule has 9 N–H and O–H groups in total. The predicted molar refractivity (Wildman–Crippen MR) is 116 cm³/mol. The number of carbonyl (C=O) groups excluding carboxylic acids is 2. The van der Waals surface area contributed by atoms with Crippen LogP contribution in [0.25, 0.3) is 0 Å².